The lowest BCUT2D eigenvalue weighted by atomic mass is 10.0. The smallest absolute Gasteiger partial charge is 0.223 e. The largest absolute Gasteiger partial charge is 0.497 e. The van der Waals surface area contributed by atoms with Crippen LogP contribution in [0.5, 0.6) is 5.75 Å². The molecule has 0 atom stereocenters. The monoisotopic (exact) mass is 457 g/mol. The number of fused-ring (bicyclic) bond motifs is 5. The molecule has 0 saturated carbocycles. The van der Waals surface area contributed by atoms with E-state index in [-0.39, 0.29) is 5.82 Å². The van der Waals surface area contributed by atoms with Gasteiger partial charge in [0, 0.05) is 19.4 Å². The van der Waals surface area contributed by atoms with Crippen molar-refractivity contribution in [2.24, 2.45) is 0 Å². The maximum Gasteiger partial charge on any atom is 0.223 e. The molecule has 1 aliphatic rings. The fraction of sp³-hybridized carbons (Fsp3) is 0.208. The molecular weight excluding hydrogens is 437 g/mol. The molecule has 0 amide bonds. The molecule has 5 aromatic rings. The van der Waals surface area contributed by atoms with Crippen molar-refractivity contribution in [3.8, 4) is 28.6 Å². The van der Waals surface area contributed by atoms with Crippen LogP contribution in [-0.4, -0.2) is 41.8 Å². The second-order valence-electron chi connectivity index (χ2n) is 8.10. The van der Waals surface area contributed by atoms with Crippen LogP contribution in [0.4, 0.5) is 4.39 Å². The summed E-state index contributed by atoms with van der Waals surface area (Å²) in [6.07, 6.45) is 3.52. The summed E-state index contributed by atoms with van der Waals surface area (Å²) in [6.45, 7) is 1.75. The Morgan fingerprint density at radius 3 is 2.79 bits per heavy atom. The summed E-state index contributed by atoms with van der Waals surface area (Å²) in [5.74, 6) is 1.37. The van der Waals surface area contributed by atoms with Crippen molar-refractivity contribution >= 4 is 0 Å². The summed E-state index contributed by atoms with van der Waals surface area (Å²) in [6, 6.07) is 12.4. The van der Waals surface area contributed by atoms with Gasteiger partial charge < -0.3 is 9.26 Å². The van der Waals surface area contributed by atoms with Gasteiger partial charge in [0.05, 0.1) is 35.6 Å². The molecule has 0 bridgehead atoms. The minimum atomic E-state index is -0.246. The van der Waals surface area contributed by atoms with Gasteiger partial charge in [-0.05, 0) is 42.7 Å². The third-order valence-corrected chi connectivity index (χ3v) is 5.99. The molecule has 0 N–H and O–H groups in total. The lowest BCUT2D eigenvalue weighted by molar-refractivity contribution is 0.394. The summed E-state index contributed by atoms with van der Waals surface area (Å²) in [7, 11) is 1.63. The average molecular weight is 457 g/mol. The molecule has 0 fully saturated rings. The highest BCUT2D eigenvalue weighted by molar-refractivity contribution is 5.63. The Bertz CT molecular complexity index is 1520. The van der Waals surface area contributed by atoms with Crippen molar-refractivity contribution in [2.45, 2.75) is 26.2 Å². The fourth-order valence-corrected chi connectivity index (χ4v) is 4.35. The standard InChI is InChI=1S/C24H20FN7O2/c1-14-27-24(29-34-14)23-22-12-20-18(8-6-15-4-3-5-16(25)10-15)28-30-32(20)21-11-17(33-2)7-9-19(21)31(22)13-26-23/h3-5,7,9-11,13H,6,8,12H2,1-2H3. The Morgan fingerprint density at radius 2 is 2.00 bits per heavy atom. The van der Waals surface area contributed by atoms with Crippen LogP contribution in [-0.2, 0) is 19.3 Å². The lowest BCUT2D eigenvalue weighted by Crippen LogP contribution is -2.05. The Balaban J connectivity index is 1.48. The predicted molar refractivity (Wildman–Crippen MR) is 120 cm³/mol. The molecule has 1 aliphatic heterocycles. The van der Waals surface area contributed by atoms with Crippen molar-refractivity contribution in [1.82, 2.24) is 34.7 Å². The molecule has 170 valence electrons. The number of halogens is 1. The lowest BCUT2D eigenvalue weighted by Gasteiger charge is -2.11. The van der Waals surface area contributed by atoms with Gasteiger partial charge in [0.2, 0.25) is 11.7 Å². The van der Waals surface area contributed by atoms with E-state index >= 15 is 0 Å². The first-order valence-electron chi connectivity index (χ1n) is 10.8. The van der Waals surface area contributed by atoms with E-state index in [0.717, 1.165) is 34.0 Å². The Labute approximate surface area is 193 Å². The molecule has 0 saturated heterocycles. The fourth-order valence-electron chi connectivity index (χ4n) is 4.35. The van der Waals surface area contributed by atoms with E-state index in [0.29, 0.717) is 42.4 Å². The first-order chi connectivity index (χ1) is 16.6. The molecule has 4 heterocycles. The van der Waals surface area contributed by atoms with E-state index in [9.17, 15) is 4.39 Å². The topological polar surface area (TPSA) is 96.7 Å². The second-order valence-corrected chi connectivity index (χ2v) is 8.10. The zero-order valence-corrected chi connectivity index (χ0v) is 18.6. The summed E-state index contributed by atoms with van der Waals surface area (Å²) >= 11 is 0. The average Bonchev–Trinajstić information content (AvgIpc) is 3.54. The first-order valence-corrected chi connectivity index (χ1v) is 10.8. The van der Waals surface area contributed by atoms with E-state index in [1.165, 1.54) is 6.07 Å². The zero-order valence-electron chi connectivity index (χ0n) is 18.6. The quantitative estimate of drug-likeness (QED) is 0.390. The normalized spacial score (nSPS) is 12.1. The molecule has 0 spiro atoms. The molecule has 10 heteroatoms. The minimum absolute atomic E-state index is 0.246. The van der Waals surface area contributed by atoms with Crippen LogP contribution in [0.1, 0.15) is 28.5 Å². The highest BCUT2D eigenvalue weighted by Gasteiger charge is 2.28. The van der Waals surface area contributed by atoms with Gasteiger partial charge in [0.1, 0.15) is 23.6 Å². The molecule has 34 heavy (non-hydrogen) atoms. The van der Waals surface area contributed by atoms with Gasteiger partial charge in [-0.2, -0.15) is 4.98 Å². The van der Waals surface area contributed by atoms with Crippen LogP contribution < -0.4 is 4.74 Å². The van der Waals surface area contributed by atoms with Gasteiger partial charge >= 0.3 is 0 Å². The van der Waals surface area contributed by atoms with Crippen LogP contribution in [0, 0.1) is 12.7 Å². The Kier molecular flexibility index (Phi) is 4.72. The summed E-state index contributed by atoms with van der Waals surface area (Å²) < 4.78 is 28.2. The Morgan fingerprint density at radius 1 is 1.09 bits per heavy atom. The predicted octanol–water partition coefficient (Wildman–Crippen LogP) is 3.65. The van der Waals surface area contributed by atoms with Crippen LogP contribution in [0.25, 0.3) is 22.9 Å². The number of hydrogen-bond donors (Lipinski definition) is 0. The number of imidazole rings is 1. The first kappa shape index (κ1) is 20.3. The molecule has 0 aliphatic carbocycles. The number of benzene rings is 2. The van der Waals surface area contributed by atoms with E-state index in [1.807, 2.05) is 33.5 Å². The van der Waals surface area contributed by atoms with Gasteiger partial charge in [-0.25, -0.2) is 14.1 Å². The van der Waals surface area contributed by atoms with E-state index in [4.69, 9.17) is 9.26 Å². The summed E-state index contributed by atoms with van der Waals surface area (Å²) in [5.41, 5.74) is 5.92. The molecule has 2 aromatic carbocycles. The van der Waals surface area contributed by atoms with Crippen LogP contribution in [0.15, 0.2) is 53.3 Å². The molecule has 3 aromatic heterocycles. The maximum absolute atomic E-state index is 13.7. The number of hydrogen-bond acceptors (Lipinski definition) is 7. The van der Waals surface area contributed by atoms with E-state index < -0.39 is 0 Å². The number of ether oxygens (including phenoxy) is 1. The molecular formula is C24H20FN7O2. The van der Waals surface area contributed by atoms with Crippen molar-refractivity contribution < 1.29 is 13.7 Å². The second kappa shape index (κ2) is 7.91. The summed E-state index contributed by atoms with van der Waals surface area (Å²) in [4.78, 5) is 8.99. The van der Waals surface area contributed by atoms with Crippen molar-refractivity contribution in [3.05, 3.63) is 83.1 Å². The number of aryl methyl sites for hydroxylation is 3. The van der Waals surface area contributed by atoms with Crippen molar-refractivity contribution in [1.29, 1.82) is 0 Å². The van der Waals surface area contributed by atoms with Crippen LogP contribution in [0.2, 0.25) is 0 Å². The number of methoxy groups -OCH3 is 1. The Hall–Kier alpha value is -4.34. The van der Waals surface area contributed by atoms with Gasteiger partial charge in [0.25, 0.3) is 0 Å². The van der Waals surface area contributed by atoms with Gasteiger partial charge in [0.15, 0.2) is 0 Å². The van der Waals surface area contributed by atoms with E-state index in [2.05, 4.69) is 25.4 Å². The van der Waals surface area contributed by atoms with Gasteiger partial charge in [-0.3, -0.25) is 4.57 Å². The third-order valence-electron chi connectivity index (χ3n) is 5.99. The highest BCUT2D eigenvalue weighted by Crippen LogP contribution is 2.34. The number of nitrogens with zero attached hydrogens (tertiary/aromatic N) is 7. The molecule has 0 unspecified atom stereocenters. The van der Waals surface area contributed by atoms with Gasteiger partial charge in [-0.1, -0.05) is 22.5 Å². The maximum atomic E-state index is 13.7. The zero-order chi connectivity index (χ0) is 23.2. The van der Waals surface area contributed by atoms with E-state index in [1.54, 1.807) is 32.5 Å². The summed E-state index contributed by atoms with van der Waals surface area (Å²) in [5, 5.41) is 13.1. The van der Waals surface area contributed by atoms with Gasteiger partial charge in [-0.15, -0.1) is 5.10 Å². The number of rotatable bonds is 5. The molecule has 9 nitrogen and oxygen atoms in total. The van der Waals surface area contributed by atoms with Crippen LogP contribution >= 0.6 is 0 Å². The molecule has 6 rings (SSSR count). The molecule has 0 radical (unpaired) electrons. The SMILES string of the molecule is COc1ccc2c(c1)-n1nnc(CCc3cccc(F)c3)c1Cc1c(-c3noc(C)n3)ncn1-2. The number of aromatic nitrogens is 7. The minimum Gasteiger partial charge on any atom is -0.497 e. The van der Waals surface area contributed by atoms with Crippen molar-refractivity contribution in [3.63, 3.8) is 0 Å². The third kappa shape index (κ3) is 3.35. The highest BCUT2D eigenvalue weighted by atomic mass is 19.1. The van der Waals surface area contributed by atoms with Crippen LogP contribution in [0.3, 0.4) is 0 Å². The van der Waals surface area contributed by atoms with Crippen molar-refractivity contribution in [2.75, 3.05) is 7.11 Å².